The van der Waals surface area contributed by atoms with E-state index in [0.29, 0.717) is 18.1 Å². The van der Waals surface area contributed by atoms with E-state index in [-0.39, 0.29) is 6.54 Å². The molecule has 0 aliphatic heterocycles. The number of nitrogens with one attached hydrogen (secondary N) is 1. The summed E-state index contributed by atoms with van der Waals surface area (Å²) in [5.74, 6) is 0.341. The maximum Gasteiger partial charge on any atom is 0.331 e. The summed E-state index contributed by atoms with van der Waals surface area (Å²) in [4.78, 5) is 23.7. The van der Waals surface area contributed by atoms with Crippen LogP contribution in [0.3, 0.4) is 0 Å². The third-order valence-corrected chi connectivity index (χ3v) is 3.34. The number of esters is 1. The van der Waals surface area contributed by atoms with E-state index in [0.717, 1.165) is 5.56 Å². The van der Waals surface area contributed by atoms with Gasteiger partial charge in [0.15, 0.2) is 6.10 Å². The topological polar surface area (TPSA) is 77.8 Å². The van der Waals surface area contributed by atoms with Crippen LogP contribution in [-0.4, -0.2) is 24.6 Å². The Hall–Kier alpha value is -3.28. The Morgan fingerprint density at radius 2 is 2.04 bits per heavy atom. The van der Waals surface area contributed by atoms with Gasteiger partial charge in [0.1, 0.15) is 18.1 Å². The molecule has 1 atom stereocenters. The fourth-order valence-corrected chi connectivity index (χ4v) is 1.99. The largest absolute Gasteiger partial charge is 0.490 e. The molecule has 0 aliphatic rings. The van der Waals surface area contributed by atoms with Crippen LogP contribution in [-0.2, 0) is 20.9 Å². The smallest absolute Gasteiger partial charge is 0.331 e. The summed E-state index contributed by atoms with van der Waals surface area (Å²) in [5, 5.41) is 2.63. The normalized spacial score (nSPS) is 11.7. The van der Waals surface area contributed by atoms with Gasteiger partial charge in [-0.3, -0.25) is 4.79 Å². The first-order chi connectivity index (χ1) is 12.6. The molecule has 1 aromatic carbocycles. The quantitative estimate of drug-likeness (QED) is 0.425. The Labute approximate surface area is 152 Å². The molecule has 0 saturated carbocycles. The highest BCUT2D eigenvalue weighted by Crippen LogP contribution is 2.13. The molecule has 26 heavy (non-hydrogen) atoms. The van der Waals surface area contributed by atoms with E-state index < -0.39 is 18.0 Å². The Morgan fingerprint density at radius 3 is 2.69 bits per heavy atom. The lowest BCUT2D eigenvalue weighted by molar-refractivity contribution is -0.150. The second kappa shape index (κ2) is 9.88. The zero-order valence-corrected chi connectivity index (χ0v) is 14.5. The number of amides is 1. The zero-order chi connectivity index (χ0) is 18.8. The van der Waals surface area contributed by atoms with Crippen LogP contribution in [0.25, 0.3) is 6.08 Å². The van der Waals surface area contributed by atoms with Crippen LogP contribution in [0.2, 0.25) is 0 Å². The molecule has 1 N–H and O–H groups in total. The van der Waals surface area contributed by atoms with Crippen molar-refractivity contribution in [3.05, 3.63) is 72.7 Å². The van der Waals surface area contributed by atoms with E-state index in [1.54, 1.807) is 36.4 Å². The molecule has 0 fully saturated rings. The number of hydrogen-bond donors (Lipinski definition) is 1. The fraction of sp³-hybridized carbons (Fsp3) is 0.200. The molecule has 136 valence electrons. The summed E-state index contributed by atoms with van der Waals surface area (Å²) in [7, 11) is 0. The molecule has 0 saturated heterocycles. The van der Waals surface area contributed by atoms with Crippen molar-refractivity contribution >= 4 is 18.0 Å². The monoisotopic (exact) mass is 355 g/mol. The van der Waals surface area contributed by atoms with Gasteiger partial charge >= 0.3 is 5.97 Å². The van der Waals surface area contributed by atoms with E-state index in [1.165, 1.54) is 19.3 Å². The maximum atomic E-state index is 11.9. The lowest BCUT2D eigenvalue weighted by Crippen LogP contribution is -2.35. The van der Waals surface area contributed by atoms with E-state index in [1.807, 2.05) is 12.1 Å². The molecule has 0 bridgehead atoms. The minimum absolute atomic E-state index is 0.240. The van der Waals surface area contributed by atoms with Crippen molar-refractivity contribution in [2.45, 2.75) is 19.6 Å². The van der Waals surface area contributed by atoms with Crippen LogP contribution in [0.1, 0.15) is 18.2 Å². The second-order valence-corrected chi connectivity index (χ2v) is 5.38. The highest BCUT2D eigenvalue weighted by Gasteiger charge is 2.16. The first-order valence-corrected chi connectivity index (χ1v) is 8.11. The number of furan rings is 1. The number of carbonyl (C=O) groups excluding carboxylic acids is 2. The van der Waals surface area contributed by atoms with Gasteiger partial charge in [-0.15, -0.1) is 0 Å². The molecule has 1 heterocycles. The van der Waals surface area contributed by atoms with Gasteiger partial charge in [-0.2, -0.15) is 0 Å². The summed E-state index contributed by atoms with van der Waals surface area (Å²) < 4.78 is 15.6. The van der Waals surface area contributed by atoms with Crippen LogP contribution in [0.15, 0.2) is 65.8 Å². The number of hydrogen-bond acceptors (Lipinski definition) is 5. The molecule has 1 aromatic heterocycles. The minimum atomic E-state index is -0.906. The second-order valence-electron chi connectivity index (χ2n) is 5.38. The number of benzene rings is 1. The summed E-state index contributed by atoms with van der Waals surface area (Å²) in [6.45, 7) is 5.76. The Balaban J connectivity index is 1.78. The summed E-state index contributed by atoms with van der Waals surface area (Å²) in [6, 6.07) is 10.7. The molecule has 0 radical (unpaired) electrons. The first kappa shape index (κ1) is 19.1. The lowest BCUT2D eigenvalue weighted by Gasteiger charge is -2.11. The molecule has 2 rings (SSSR count). The van der Waals surface area contributed by atoms with Crippen LogP contribution < -0.4 is 10.1 Å². The molecular formula is C20H21NO5. The van der Waals surface area contributed by atoms with Crippen molar-refractivity contribution < 1.29 is 23.5 Å². The van der Waals surface area contributed by atoms with Crippen molar-refractivity contribution in [2.24, 2.45) is 0 Å². The lowest BCUT2D eigenvalue weighted by atomic mass is 10.2. The highest BCUT2D eigenvalue weighted by atomic mass is 16.5. The summed E-state index contributed by atoms with van der Waals surface area (Å²) in [5.41, 5.74) is 0.808. The van der Waals surface area contributed by atoms with E-state index in [2.05, 4.69) is 11.9 Å². The molecule has 2 aromatic rings. The van der Waals surface area contributed by atoms with Gasteiger partial charge < -0.3 is 19.2 Å². The molecular weight excluding hydrogens is 334 g/mol. The molecule has 0 spiro atoms. The van der Waals surface area contributed by atoms with Crippen molar-refractivity contribution in [1.29, 1.82) is 0 Å². The van der Waals surface area contributed by atoms with E-state index in [4.69, 9.17) is 13.9 Å². The van der Waals surface area contributed by atoms with Gasteiger partial charge in [0.05, 0.1) is 12.8 Å². The van der Waals surface area contributed by atoms with Crippen LogP contribution in [0, 0.1) is 0 Å². The summed E-state index contributed by atoms with van der Waals surface area (Å²) in [6.07, 6.45) is 5.16. The third-order valence-electron chi connectivity index (χ3n) is 3.34. The van der Waals surface area contributed by atoms with Crippen molar-refractivity contribution in [1.82, 2.24) is 5.32 Å². The molecule has 0 unspecified atom stereocenters. The van der Waals surface area contributed by atoms with Gasteiger partial charge in [-0.05, 0) is 42.8 Å². The minimum Gasteiger partial charge on any atom is -0.490 e. The molecule has 6 heteroatoms. The average Bonchev–Trinajstić information content (AvgIpc) is 3.17. The predicted molar refractivity (Wildman–Crippen MR) is 97.3 cm³/mol. The van der Waals surface area contributed by atoms with Crippen molar-refractivity contribution in [2.75, 3.05) is 6.61 Å². The van der Waals surface area contributed by atoms with Crippen LogP contribution in [0.5, 0.6) is 5.75 Å². The standard InChI is InChI=1S/C20H21NO5/c1-3-12-24-17-9-6-16(7-10-17)8-11-19(22)26-15(2)20(23)21-14-18-5-4-13-25-18/h3-11,13,15H,1,12,14H2,2H3,(H,21,23)/b11-8+/t15-/m1/s1. The van der Waals surface area contributed by atoms with Crippen LogP contribution in [0.4, 0.5) is 0 Å². The number of rotatable bonds is 9. The van der Waals surface area contributed by atoms with Gasteiger partial charge in [0, 0.05) is 6.08 Å². The molecule has 0 aliphatic carbocycles. The Bertz CT molecular complexity index is 747. The average molecular weight is 355 g/mol. The molecule has 6 nitrogen and oxygen atoms in total. The third kappa shape index (κ3) is 6.32. The molecule has 1 amide bonds. The first-order valence-electron chi connectivity index (χ1n) is 8.11. The maximum absolute atomic E-state index is 11.9. The predicted octanol–water partition coefficient (Wildman–Crippen LogP) is 3.11. The highest BCUT2D eigenvalue weighted by molar-refractivity contribution is 5.90. The van der Waals surface area contributed by atoms with Gasteiger partial charge in [-0.25, -0.2) is 4.79 Å². The fourth-order valence-electron chi connectivity index (χ4n) is 1.99. The SMILES string of the molecule is C=CCOc1ccc(/C=C/C(=O)O[C@H](C)C(=O)NCc2ccco2)cc1. The summed E-state index contributed by atoms with van der Waals surface area (Å²) >= 11 is 0. The van der Waals surface area contributed by atoms with Crippen molar-refractivity contribution in [3.63, 3.8) is 0 Å². The Kier molecular flexibility index (Phi) is 7.24. The number of ether oxygens (including phenoxy) is 2. The Morgan fingerprint density at radius 1 is 1.27 bits per heavy atom. The van der Waals surface area contributed by atoms with Crippen LogP contribution >= 0.6 is 0 Å². The van der Waals surface area contributed by atoms with E-state index in [9.17, 15) is 9.59 Å². The van der Waals surface area contributed by atoms with Gasteiger partial charge in [0.25, 0.3) is 5.91 Å². The van der Waals surface area contributed by atoms with Gasteiger partial charge in [-0.1, -0.05) is 24.8 Å². The number of carbonyl (C=O) groups is 2. The van der Waals surface area contributed by atoms with E-state index >= 15 is 0 Å². The van der Waals surface area contributed by atoms with Crippen molar-refractivity contribution in [3.8, 4) is 5.75 Å². The zero-order valence-electron chi connectivity index (χ0n) is 14.5. The van der Waals surface area contributed by atoms with Gasteiger partial charge in [0.2, 0.25) is 0 Å².